The van der Waals surface area contributed by atoms with Crippen molar-refractivity contribution in [3.8, 4) is 0 Å². The monoisotopic (exact) mass is 319 g/mol. The molecular weight excluding hydrogens is 305 g/mol. The zero-order chi connectivity index (χ0) is 14.8. The number of urea groups is 2. The van der Waals surface area contributed by atoms with Crippen LogP contribution in [-0.2, 0) is 0 Å². The minimum absolute atomic E-state index is 0.312. The van der Waals surface area contributed by atoms with E-state index in [1.165, 1.54) is 0 Å². The molecule has 0 saturated heterocycles. The van der Waals surface area contributed by atoms with Crippen LogP contribution in [0.1, 0.15) is 0 Å². The molecule has 9 heteroatoms. The van der Waals surface area contributed by atoms with Gasteiger partial charge >= 0.3 is 12.1 Å². The number of carbonyl (C=O) groups is 2. The van der Waals surface area contributed by atoms with E-state index in [-0.39, 0.29) is 0 Å². The molecule has 0 spiro atoms. The quantitative estimate of drug-likeness (QED) is 0.602. The molecule has 0 aromatic carbocycles. The van der Waals surface area contributed by atoms with Gasteiger partial charge in [-0.2, -0.15) is 0 Å². The molecule has 0 aliphatic carbocycles. The van der Waals surface area contributed by atoms with Gasteiger partial charge in [0.05, 0.1) is 0 Å². The molecule has 1 heterocycles. The van der Waals surface area contributed by atoms with Crippen LogP contribution in [-0.4, -0.2) is 41.9 Å². The maximum atomic E-state index is 11.4. The van der Waals surface area contributed by atoms with E-state index < -0.39 is 12.1 Å². The Bertz CT molecular complexity index is 421. The fraction of sp³-hybridized carbons (Fsp3) is 0.364. The Morgan fingerprint density at radius 3 is 1.80 bits per heavy atom. The van der Waals surface area contributed by atoms with Gasteiger partial charge in [-0.3, -0.25) is 10.6 Å². The summed E-state index contributed by atoms with van der Waals surface area (Å²) in [5.74, 6) is 1.27. The van der Waals surface area contributed by atoms with E-state index in [1.54, 1.807) is 18.2 Å². The molecule has 0 aliphatic heterocycles. The van der Waals surface area contributed by atoms with Crippen LogP contribution in [0, 0.1) is 0 Å². The van der Waals surface area contributed by atoms with E-state index in [1.807, 2.05) is 0 Å². The lowest BCUT2D eigenvalue weighted by atomic mass is 10.4. The fourth-order valence-corrected chi connectivity index (χ4v) is 1.41. The summed E-state index contributed by atoms with van der Waals surface area (Å²) in [5.41, 5.74) is 0. The summed E-state index contributed by atoms with van der Waals surface area (Å²) >= 11 is 10.9. The molecule has 0 radical (unpaired) electrons. The lowest BCUT2D eigenvalue weighted by Gasteiger charge is -2.08. The first kappa shape index (κ1) is 16.3. The Balaban J connectivity index is 2.52. The Morgan fingerprint density at radius 1 is 0.950 bits per heavy atom. The van der Waals surface area contributed by atoms with E-state index in [9.17, 15) is 9.59 Å². The lowest BCUT2D eigenvalue weighted by molar-refractivity contribution is 0.252. The van der Waals surface area contributed by atoms with Crippen molar-refractivity contribution in [3.05, 3.63) is 18.2 Å². The standard InChI is InChI=1S/C11H15Cl2N5O2/c12-4-6-14-10(19)17-8-2-1-3-9(16-8)18-11(20)15-7-5-13/h1-3H,4-7H2,(H4,14,15,16,17,18,19,20). The Morgan fingerprint density at radius 2 is 1.40 bits per heavy atom. The molecule has 0 saturated carbocycles. The van der Waals surface area contributed by atoms with Crippen molar-refractivity contribution in [2.45, 2.75) is 0 Å². The number of nitrogens with one attached hydrogen (secondary N) is 4. The SMILES string of the molecule is O=C(NCCCl)Nc1cccc(NC(=O)NCCCl)n1. The molecule has 1 aromatic rings. The topological polar surface area (TPSA) is 95.2 Å². The number of alkyl halides is 2. The van der Waals surface area contributed by atoms with Gasteiger partial charge in [0.2, 0.25) is 0 Å². The van der Waals surface area contributed by atoms with E-state index in [2.05, 4.69) is 26.3 Å². The zero-order valence-electron chi connectivity index (χ0n) is 10.6. The first-order valence-electron chi connectivity index (χ1n) is 5.84. The summed E-state index contributed by atoms with van der Waals surface area (Å²) in [6, 6.07) is 4.02. The molecule has 110 valence electrons. The number of anilines is 2. The second kappa shape index (κ2) is 9.22. The summed E-state index contributed by atoms with van der Waals surface area (Å²) < 4.78 is 0. The summed E-state index contributed by atoms with van der Waals surface area (Å²) in [7, 11) is 0. The molecule has 0 bridgehead atoms. The van der Waals surface area contributed by atoms with Crippen LogP contribution in [0.15, 0.2) is 18.2 Å². The highest BCUT2D eigenvalue weighted by molar-refractivity contribution is 6.18. The first-order chi connectivity index (χ1) is 9.65. The number of pyridine rings is 1. The molecular formula is C11H15Cl2N5O2. The number of halogens is 2. The van der Waals surface area contributed by atoms with Gasteiger partial charge in [-0.15, -0.1) is 23.2 Å². The highest BCUT2D eigenvalue weighted by atomic mass is 35.5. The predicted octanol–water partition coefficient (Wildman–Crippen LogP) is 1.80. The van der Waals surface area contributed by atoms with Gasteiger partial charge in [-0.25, -0.2) is 14.6 Å². The van der Waals surface area contributed by atoms with Gasteiger partial charge in [-0.05, 0) is 12.1 Å². The number of rotatable bonds is 6. The number of amides is 4. The van der Waals surface area contributed by atoms with Gasteiger partial charge in [0.1, 0.15) is 11.6 Å². The van der Waals surface area contributed by atoms with E-state index in [0.29, 0.717) is 36.5 Å². The number of hydrogen-bond acceptors (Lipinski definition) is 3. The second-order valence-electron chi connectivity index (χ2n) is 3.55. The van der Waals surface area contributed by atoms with Crippen molar-refractivity contribution in [2.75, 3.05) is 35.5 Å². The molecule has 1 aromatic heterocycles. The summed E-state index contributed by atoms with van der Waals surface area (Å²) in [4.78, 5) is 26.9. The number of nitrogens with zero attached hydrogens (tertiary/aromatic N) is 1. The predicted molar refractivity (Wildman–Crippen MR) is 79.7 cm³/mol. The largest absolute Gasteiger partial charge is 0.337 e. The highest BCUT2D eigenvalue weighted by Crippen LogP contribution is 2.08. The summed E-state index contributed by atoms with van der Waals surface area (Å²) in [6.45, 7) is 0.707. The molecule has 20 heavy (non-hydrogen) atoms. The van der Waals surface area contributed by atoms with Crippen molar-refractivity contribution in [1.82, 2.24) is 15.6 Å². The number of hydrogen-bond donors (Lipinski definition) is 4. The fourth-order valence-electron chi connectivity index (χ4n) is 1.22. The second-order valence-corrected chi connectivity index (χ2v) is 4.30. The lowest BCUT2D eigenvalue weighted by Crippen LogP contribution is -2.31. The maximum absolute atomic E-state index is 11.4. The molecule has 4 amide bonds. The van der Waals surface area contributed by atoms with Gasteiger partial charge < -0.3 is 10.6 Å². The van der Waals surface area contributed by atoms with Crippen molar-refractivity contribution in [2.24, 2.45) is 0 Å². The van der Waals surface area contributed by atoms with Crippen LogP contribution in [0.25, 0.3) is 0 Å². The Labute approximate surface area is 126 Å². The van der Waals surface area contributed by atoms with Crippen molar-refractivity contribution in [3.63, 3.8) is 0 Å². The molecule has 0 atom stereocenters. The van der Waals surface area contributed by atoms with Crippen LogP contribution in [0.4, 0.5) is 21.2 Å². The number of aromatic nitrogens is 1. The van der Waals surface area contributed by atoms with Gasteiger partial charge in [0.15, 0.2) is 0 Å². The molecule has 1 rings (SSSR count). The third kappa shape index (κ3) is 6.44. The van der Waals surface area contributed by atoms with Crippen molar-refractivity contribution in [1.29, 1.82) is 0 Å². The van der Waals surface area contributed by atoms with E-state index in [0.717, 1.165) is 0 Å². The molecule has 0 fully saturated rings. The molecule has 0 aliphatic rings. The van der Waals surface area contributed by atoms with Gasteiger partial charge in [-0.1, -0.05) is 6.07 Å². The first-order valence-corrected chi connectivity index (χ1v) is 6.91. The maximum Gasteiger partial charge on any atom is 0.320 e. The van der Waals surface area contributed by atoms with E-state index in [4.69, 9.17) is 23.2 Å². The average molecular weight is 320 g/mol. The summed E-state index contributed by atoms with van der Waals surface area (Å²) in [6.07, 6.45) is 0. The van der Waals surface area contributed by atoms with Crippen LogP contribution < -0.4 is 21.3 Å². The molecule has 4 N–H and O–H groups in total. The average Bonchev–Trinajstić information content (AvgIpc) is 2.43. The van der Waals surface area contributed by atoms with E-state index >= 15 is 0 Å². The van der Waals surface area contributed by atoms with Crippen molar-refractivity contribution < 1.29 is 9.59 Å². The Kier molecular flexibility index (Phi) is 7.52. The summed E-state index contributed by atoms with van der Waals surface area (Å²) in [5, 5.41) is 10.1. The minimum atomic E-state index is -0.415. The van der Waals surface area contributed by atoms with Crippen LogP contribution in [0.5, 0.6) is 0 Å². The van der Waals surface area contributed by atoms with Gasteiger partial charge in [0.25, 0.3) is 0 Å². The van der Waals surface area contributed by atoms with Crippen LogP contribution in [0.3, 0.4) is 0 Å². The highest BCUT2D eigenvalue weighted by Gasteiger charge is 2.05. The van der Waals surface area contributed by atoms with Crippen LogP contribution in [0.2, 0.25) is 0 Å². The smallest absolute Gasteiger partial charge is 0.320 e. The van der Waals surface area contributed by atoms with Crippen molar-refractivity contribution >= 4 is 46.9 Å². The van der Waals surface area contributed by atoms with Crippen LogP contribution >= 0.6 is 23.2 Å². The van der Waals surface area contributed by atoms with Gasteiger partial charge in [0, 0.05) is 24.8 Å². The zero-order valence-corrected chi connectivity index (χ0v) is 12.1. The number of carbonyl (C=O) groups excluding carboxylic acids is 2. The third-order valence-electron chi connectivity index (χ3n) is 1.99. The normalized spacial score (nSPS) is 9.70. The Hall–Kier alpha value is -1.73. The minimum Gasteiger partial charge on any atom is -0.337 e. The molecule has 7 nitrogen and oxygen atoms in total. The third-order valence-corrected chi connectivity index (χ3v) is 2.37. The molecule has 0 unspecified atom stereocenters.